The van der Waals surface area contributed by atoms with Crippen LogP contribution in [0.25, 0.3) is 0 Å². The maximum absolute atomic E-state index is 5.33. The first kappa shape index (κ1) is 13.2. The van der Waals surface area contributed by atoms with Gasteiger partial charge in [-0.2, -0.15) is 0 Å². The van der Waals surface area contributed by atoms with Gasteiger partial charge in [-0.3, -0.25) is 0 Å². The van der Waals surface area contributed by atoms with E-state index >= 15 is 0 Å². The molecule has 0 saturated heterocycles. The van der Waals surface area contributed by atoms with E-state index in [1.54, 1.807) is 13.4 Å². The summed E-state index contributed by atoms with van der Waals surface area (Å²) in [5, 5.41) is 0. The number of methoxy groups -OCH3 is 1. The van der Waals surface area contributed by atoms with E-state index in [1.165, 1.54) is 5.56 Å². The van der Waals surface area contributed by atoms with Gasteiger partial charge in [0.25, 0.3) is 0 Å². The number of hydrogen-bond donors (Lipinski definition) is 0. The molecule has 96 valence electrons. The molecular formula is C15H17BrO2. The molecule has 18 heavy (non-hydrogen) atoms. The van der Waals surface area contributed by atoms with Crippen LogP contribution in [0.1, 0.15) is 17.7 Å². The van der Waals surface area contributed by atoms with Gasteiger partial charge in [-0.05, 0) is 42.7 Å². The molecule has 0 saturated carbocycles. The normalized spacial score (nSPS) is 12.3. The number of halogens is 1. The summed E-state index contributed by atoms with van der Waals surface area (Å²) in [7, 11) is 1.69. The van der Waals surface area contributed by atoms with Crippen molar-refractivity contribution < 1.29 is 9.15 Å². The third-order valence-electron chi connectivity index (χ3n) is 2.90. The zero-order valence-corrected chi connectivity index (χ0v) is 12.0. The van der Waals surface area contributed by atoms with Crippen molar-refractivity contribution in [2.45, 2.75) is 24.1 Å². The zero-order chi connectivity index (χ0) is 12.8. The molecule has 0 N–H and O–H groups in total. The minimum absolute atomic E-state index is 0.469. The van der Waals surface area contributed by atoms with Gasteiger partial charge in [-0.25, -0.2) is 0 Å². The fourth-order valence-electron chi connectivity index (χ4n) is 1.87. The number of alkyl halides is 1. The van der Waals surface area contributed by atoms with E-state index in [9.17, 15) is 0 Å². The van der Waals surface area contributed by atoms with Gasteiger partial charge in [0.2, 0.25) is 0 Å². The Labute approximate surface area is 116 Å². The predicted octanol–water partition coefficient (Wildman–Crippen LogP) is 4.23. The Morgan fingerprint density at radius 3 is 2.61 bits per heavy atom. The quantitative estimate of drug-likeness (QED) is 0.745. The van der Waals surface area contributed by atoms with E-state index in [2.05, 4.69) is 28.1 Å². The standard InChI is InChI=1S/C15H17BrO2/c1-17-14-7-4-12(5-8-14)11-13(16)6-9-15-3-2-10-18-15/h2-5,7-8,10,13H,6,9,11H2,1H3. The molecule has 3 heteroatoms. The number of furan rings is 1. The molecule has 0 bridgehead atoms. The molecule has 0 amide bonds. The summed E-state index contributed by atoms with van der Waals surface area (Å²) in [6.45, 7) is 0. The molecule has 0 aliphatic heterocycles. The Balaban J connectivity index is 1.80. The van der Waals surface area contributed by atoms with Crippen molar-refractivity contribution in [2.75, 3.05) is 7.11 Å². The number of hydrogen-bond acceptors (Lipinski definition) is 2. The summed E-state index contributed by atoms with van der Waals surface area (Å²) in [5.41, 5.74) is 1.32. The molecule has 1 aromatic carbocycles. The van der Waals surface area contributed by atoms with Crippen molar-refractivity contribution in [3.63, 3.8) is 0 Å². The summed E-state index contributed by atoms with van der Waals surface area (Å²) < 4.78 is 10.5. The van der Waals surface area contributed by atoms with Crippen LogP contribution in [-0.2, 0) is 12.8 Å². The summed E-state index contributed by atoms with van der Waals surface area (Å²) in [4.78, 5) is 0.469. The van der Waals surface area contributed by atoms with Crippen LogP contribution >= 0.6 is 15.9 Å². The fourth-order valence-corrected chi connectivity index (χ4v) is 2.48. The number of aryl methyl sites for hydroxylation is 1. The van der Waals surface area contributed by atoms with Crippen molar-refractivity contribution in [3.8, 4) is 5.75 Å². The van der Waals surface area contributed by atoms with Gasteiger partial charge in [-0.1, -0.05) is 28.1 Å². The molecule has 1 heterocycles. The van der Waals surface area contributed by atoms with Crippen molar-refractivity contribution in [1.82, 2.24) is 0 Å². The highest BCUT2D eigenvalue weighted by Gasteiger charge is 2.07. The van der Waals surface area contributed by atoms with E-state index < -0.39 is 0 Å². The lowest BCUT2D eigenvalue weighted by Crippen LogP contribution is -2.04. The Hall–Kier alpha value is -1.22. The smallest absolute Gasteiger partial charge is 0.118 e. The van der Waals surface area contributed by atoms with Crippen LogP contribution in [0.15, 0.2) is 47.1 Å². The van der Waals surface area contributed by atoms with Crippen LogP contribution < -0.4 is 4.74 Å². The van der Waals surface area contributed by atoms with Crippen molar-refractivity contribution in [1.29, 1.82) is 0 Å². The molecule has 2 nitrogen and oxygen atoms in total. The van der Waals surface area contributed by atoms with E-state index in [1.807, 2.05) is 24.3 Å². The summed E-state index contributed by atoms with van der Waals surface area (Å²) >= 11 is 3.72. The third kappa shape index (κ3) is 3.91. The molecule has 0 aliphatic rings. The first-order valence-electron chi connectivity index (χ1n) is 6.07. The molecule has 2 rings (SSSR count). The molecule has 0 aliphatic carbocycles. The first-order valence-corrected chi connectivity index (χ1v) is 6.99. The Kier molecular flexibility index (Phi) is 4.88. The number of rotatable bonds is 6. The SMILES string of the molecule is COc1ccc(CC(Br)CCc2ccco2)cc1. The van der Waals surface area contributed by atoms with Gasteiger partial charge in [0.05, 0.1) is 13.4 Å². The van der Waals surface area contributed by atoms with Gasteiger partial charge in [0, 0.05) is 11.2 Å². The average molecular weight is 309 g/mol. The molecule has 1 atom stereocenters. The molecule has 0 spiro atoms. The molecule has 0 radical (unpaired) electrons. The van der Waals surface area contributed by atoms with Gasteiger partial charge >= 0.3 is 0 Å². The maximum Gasteiger partial charge on any atom is 0.118 e. The monoisotopic (exact) mass is 308 g/mol. The van der Waals surface area contributed by atoms with Crippen LogP contribution in [0.3, 0.4) is 0 Å². The second-order valence-corrected chi connectivity index (χ2v) is 5.56. The van der Waals surface area contributed by atoms with Crippen LogP contribution in [0.4, 0.5) is 0 Å². The molecule has 1 aromatic heterocycles. The van der Waals surface area contributed by atoms with Gasteiger partial charge < -0.3 is 9.15 Å². The third-order valence-corrected chi connectivity index (χ3v) is 3.68. The summed E-state index contributed by atoms with van der Waals surface area (Å²) in [5.74, 6) is 1.95. The largest absolute Gasteiger partial charge is 0.497 e. The van der Waals surface area contributed by atoms with Crippen molar-refractivity contribution >= 4 is 15.9 Å². The van der Waals surface area contributed by atoms with E-state index in [0.717, 1.165) is 30.8 Å². The highest BCUT2D eigenvalue weighted by molar-refractivity contribution is 9.09. The lowest BCUT2D eigenvalue weighted by molar-refractivity contribution is 0.414. The molecule has 0 fully saturated rings. The highest BCUT2D eigenvalue weighted by Crippen LogP contribution is 2.18. The molecule has 1 unspecified atom stereocenters. The predicted molar refractivity (Wildman–Crippen MR) is 76.4 cm³/mol. The van der Waals surface area contributed by atoms with Gasteiger partial charge in [-0.15, -0.1) is 0 Å². The van der Waals surface area contributed by atoms with Crippen molar-refractivity contribution in [3.05, 3.63) is 54.0 Å². The average Bonchev–Trinajstić information content (AvgIpc) is 2.90. The van der Waals surface area contributed by atoms with E-state index in [4.69, 9.17) is 9.15 Å². The summed E-state index contributed by atoms with van der Waals surface area (Å²) in [6, 6.07) is 12.2. The van der Waals surface area contributed by atoms with Crippen molar-refractivity contribution in [2.24, 2.45) is 0 Å². The van der Waals surface area contributed by atoms with Gasteiger partial charge in [0.1, 0.15) is 11.5 Å². The number of benzene rings is 1. The van der Waals surface area contributed by atoms with Crippen LogP contribution in [0.5, 0.6) is 5.75 Å². The second-order valence-electron chi connectivity index (χ2n) is 4.27. The van der Waals surface area contributed by atoms with Gasteiger partial charge in [0.15, 0.2) is 0 Å². The Morgan fingerprint density at radius 1 is 1.22 bits per heavy atom. The maximum atomic E-state index is 5.33. The lowest BCUT2D eigenvalue weighted by atomic mass is 10.1. The lowest BCUT2D eigenvalue weighted by Gasteiger charge is -2.09. The zero-order valence-electron chi connectivity index (χ0n) is 10.4. The first-order chi connectivity index (χ1) is 8.78. The molecular weight excluding hydrogens is 292 g/mol. The van der Waals surface area contributed by atoms with E-state index in [0.29, 0.717) is 4.83 Å². The van der Waals surface area contributed by atoms with E-state index in [-0.39, 0.29) is 0 Å². The van der Waals surface area contributed by atoms with Crippen LogP contribution in [-0.4, -0.2) is 11.9 Å². The van der Waals surface area contributed by atoms with Crippen LogP contribution in [0.2, 0.25) is 0 Å². The molecule has 2 aromatic rings. The fraction of sp³-hybridized carbons (Fsp3) is 0.333. The number of ether oxygens (including phenoxy) is 1. The highest BCUT2D eigenvalue weighted by atomic mass is 79.9. The minimum Gasteiger partial charge on any atom is -0.497 e. The second kappa shape index (κ2) is 6.64. The Morgan fingerprint density at radius 2 is 2.00 bits per heavy atom. The minimum atomic E-state index is 0.469. The summed E-state index contributed by atoms with van der Waals surface area (Å²) in [6.07, 6.45) is 4.78. The van der Waals surface area contributed by atoms with Crippen LogP contribution in [0, 0.1) is 0 Å². The topological polar surface area (TPSA) is 22.4 Å². The Bertz CT molecular complexity index is 448.